The topological polar surface area (TPSA) is 44.7 Å². The summed E-state index contributed by atoms with van der Waals surface area (Å²) in [7, 11) is 0. The Kier molecular flexibility index (Phi) is 4.36. The Morgan fingerprint density at radius 2 is 2.24 bits per heavy atom. The predicted molar refractivity (Wildman–Crippen MR) is 83.8 cm³/mol. The van der Waals surface area contributed by atoms with Crippen LogP contribution in [0.4, 0.5) is 0 Å². The van der Waals surface area contributed by atoms with Gasteiger partial charge in [0.2, 0.25) is 0 Å². The lowest BCUT2D eigenvalue weighted by molar-refractivity contribution is 0.109. The molecular weight excluding hydrogens is 264 g/mol. The maximum absolute atomic E-state index is 9.59. The second-order valence-electron chi connectivity index (χ2n) is 6.49. The van der Waals surface area contributed by atoms with E-state index in [9.17, 15) is 5.11 Å². The molecule has 0 spiro atoms. The molecule has 2 N–H and O–H groups in total. The van der Waals surface area contributed by atoms with Gasteiger partial charge < -0.3 is 15.2 Å². The van der Waals surface area contributed by atoms with E-state index in [0.29, 0.717) is 24.7 Å². The number of nitrogens with zero attached hydrogens (tertiary/aromatic N) is 1. The number of hydrogen-bond donors (Lipinski definition) is 2. The third-order valence-corrected chi connectivity index (χ3v) is 4.66. The van der Waals surface area contributed by atoms with Crippen LogP contribution in [0.3, 0.4) is 0 Å². The number of fused-ring (bicyclic) bond motifs is 1. The quantitative estimate of drug-likeness (QED) is 0.895. The first-order valence-electron chi connectivity index (χ1n) is 8.10. The van der Waals surface area contributed by atoms with Crippen molar-refractivity contribution in [2.24, 2.45) is 0 Å². The average Bonchev–Trinajstić information content (AvgIpc) is 2.88. The lowest BCUT2D eigenvalue weighted by Gasteiger charge is -2.36. The van der Waals surface area contributed by atoms with Gasteiger partial charge in [0.15, 0.2) is 0 Å². The summed E-state index contributed by atoms with van der Waals surface area (Å²) in [6, 6.07) is 6.85. The molecule has 0 aliphatic carbocycles. The van der Waals surface area contributed by atoms with Gasteiger partial charge in [0, 0.05) is 30.3 Å². The summed E-state index contributed by atoms with van der Waals surface area (Å²) < 4.78 is 5.79. The highest BCUT2D eigenvalue weighted by Crippen LogP contribution is 2.39. The molecule has 0 radical (unpaired) electrons. The zero-order valence-corrected chi connectivity index (χ0v) is 13.0. The molecule has 1 saturated heterocycles. The molecule has 1 aromatic rings. The first-order chi connectivity index (χ1) is 10.1. The van der Waals surface area contributed by atoms with Gasteiger partial charge in [-0.1, -0.05) is 6.42 Å². The maximum atomic E-state index is 9.59. The SMILES string of the molecule is CC(C)N(CC1CCCCN1)C1COc2cc(O)ccc21. The van der Waals surface area contributed by atoms with Crippen LogP contribution < -0.4 is 10.1 Å². The molecule has 2 unspecified atom stereocenters. The van der Waals surface area contributed by atoms with Crippen molar-refractivity contribution in [2.45, 2.75) is 51.2 Å². The minimum atomic E-state index is 0.277. The summed E-state index contributed by atoms with van der Waals surface area (Å²) in [5.41, 5.74) is 1.21. The second-order valence-corrected chi connectivity index (χ2v) is 6.49. The van der Waals surface area contributed by atoms with Crippen molar-refractivity contribution in [1.82, 2.24) is 10.2 Å². The van der Waals surface area contributed by atoms with Gasteiger partial charge >= 0.3 is 0 Å². The van der Waals surface area contributed by atoms with Gasteiger partial charge in [0.25, 0.3) is 0 Å². The Hall–Kier alpha value is -1.26. The molecular formula is C17H26N2O2. The summed E-state index contributed by atoms with van der Waals surface area (Å²) in [6.45, 7) is 7.39. The van der Waals surface area contributed by atoms with Crippen molar-refractivity contribution in [3.05, 3.63) is 23.8 Å². The number of hydrogen-bond acceptors (Lipinski definition) is 4. The fraction of sp³-hybridized carbons (Fsp3) is 0.647. The van der Waals surface area contributed by atoms with Crippen LogP contribution in [-0.4, -0.2) is 41.8 Å². The summed E-state index contributed by atoms with van der Waals surface area (Å²) in [5, 5.41) is 13.2. The Morgan fingerprint density at radius 1 is 1.38 bits per heavy atom. The summed E-state index contributed by atoms with van der Waals surface area (Å²) >= 11 is 0. The largest absolute Gasteiger partial charge is 0.508 e. The van der Waals surface area contributed by atoms with E-state index in [-0.39, 0.29) is 5.75 Å². The van der Waals surface area contributed by atoms with E-state index in [1.54, 1.807) is 12.1 Å². The van der Waals surface area contributed by atoms with Gasteiger partial charge in [0.1, 0.15) is 18.1 Å². The molecule has 4 heteroatoms. The lowest BCUT2D eigenvalue weighted by atomic mass is 10.0. The predicted octanol–water partition coefficient (Wildman–Crippen LogP) is 2.68. The number of benzene rings is 1. The zero-order valence-electron chi connectivity index (χ0n) is 13.0. The molecule has 0 aromatic heterocycles. The van der Waals surface area contributed by atoms with Crippen LogP contribution in [0.15, 0.2) is 18.2 Å². The van der Waals surface area contributed by atoms with E-state index < -0.39 is 0 Å². The summed E-state index contributed by atoms with van der Waals surface area (Å²) in [4.78, 5) is 2.53. The van der Waals surface area contributed by atoms with Crippen molar-refractivity contribution >= 4 is 0 Å². The fourth-order valence-electron chi connectivity index (χ4n) is 3.49. The molecule has 2 aliphatic heterocycles. The van der Waals surface area contributed by atoms with Gasteiger partial charge in [-0.2, -0.15) is 0 Å². The normalized spacial score (nSPS) is 25.1. The van der Waals surface area contributed by atoms with E-state index in [2.05, 4.69) is 24.1 Å². The van der Waals surface area contributed by atoms with E-state index in [0.717, 1.165) is 18.8 Å². The maximum Gasteiger partial charge on any atom is 0.127 e. The molecule has 2 heterocycles. The molecule has 116 valence electrons. The smallest absolute Gasteiger partial charge is 0.127 e. The Bertz CT molecular complexity index is 484. The van der Waals surface area contributed by atoms with E-state index in [4.69, 9.17) is 4.74 Å². The number of nitrogens with one attached hydrogen (secondary N) is 1. The minimum absolute atomic E-state index is 0.277. The summed E-state index contributed by atoms with van der Waals surface area (Å²) in [6.07, 6.45) is 3.89. The van der Waals surface area contributed by atoms with Gasteiger partial charge in [-0.25, -0.2) is 0 Å². The van der Waals surface area contributed by atoms with Crippen molar-refractivity contribution in [1.29, 1.82) is 0 Å². The number of rotatable bonds is 4. The van der Waals surface area contributed by atoms with Gasteiger partial charge in [-0.05, 0) is 45.4 Å². The van der Waals surface area contributed by atoms with Crippen LogP contribution >= 0.6 is 0 Å². The Morgan fingerprint density at radius 3 is 2.95 bits per heavy atom. The van der Waals surface area contributed by atoms with Gasteiger partial charge in [-0.3, -0.25) is 4.90 Å². The van der Waals surface area contributed by atoms with E-state index in [1.807, 2.05) is 6.07 Å². The average molecular weight is 290 g/mol. The van der Waals surface area contributed by atoms with Crippen molar-refractivity contribution in [2.75, 3.05) is 19.7 Å². The highest BCUT2D eigenvalue weighted by Gasteiger charge is 2.32. The molecule has 3 rings (SSSR count). The number of aromatic hydroxyl groups is 1. The van der Waals surface area contributed by atoms with Crippen LogP contribution in [-0.2, 0) is 0 Å². The van der Waals surface area contributed by atoms with Crippen molar-refractivity contribution in [3.63, 3.8) is 0 Å². The third-order valence-electron chi connectivity index (χ3n) is 4.66. The molecule has 21 heavy (non-hydrogen) atoms. The monoisotopic (exact) mass is 290 g/mol. The van der Waals surface area contributed by atoms with Crippen LogP contribution in [0.5, 0.6) is 11.5 Å². The molecule has 1 aromatic carbocycles. The first kappa shape index (κ1) is 14.7. The fourth-order valence-corrected chi connectivity index (χ4v) is 3.49. The van der Waals surface area contributed by atoms with Crippen molar-refractivity contribution in [3.8, 4) is 11.5 Å². The van der Waals surface area contributed by atoms with Crippen LogP contribution in [0.25, 0.3) is 0 Å². The Balaban J connectivity index is 1.76. The zero-order chi connectivity index (χ0) is 14.8. The molecule has 0 saturated carbocycles. The molecule has 0 amide bonds. The third kappa shape index (κ3) is 3.16. The summed E-state index contributed by atoms with van der Waals surface area (Å²) in [5.74, 6) is 1.11. The molecule has 2 atom stereocenters. The Labute approximate surface area is 127 Å². The van der Waals surface area contributed by atoms with Crippen LogP contribution in [0, 0.1) is 0 Å². The first-order valence-corrected chi connectivity index (χ1v) is 8.10. The second kappa shape index (κ2) is 6.24. The van der Waals surface area contributed by atoms with Crippen LogP contribution in [0.2, 0.25) is 0 Å². The molecule has 4 nitrogen and oxygen atoms in total. The minimum Gasteiger partial charge on any atom is -0.508 e. The van der Waals surface area contributed by atoms with Gasteiger partial charge in [0.05, 0.1) is 6.04 Å². The molecule has 2 aliphatic rings. The number of phenolic OH excluding ortho intramolecular Hbond substituents is 1. The van der Waals surface area contributed by atoms with Gasteiger partial charge in [-0.15, -0.1) is 0 Å². The van der Waals surface area contributed by atoms with E-state index >= 15 is 0 Å². The number of piperidine rings is 1. The standard InChI is InChI=1S/C17H26N2O2/c1-12(2)19(10-13-5-3-4-8-18-13)16-11-21-17-9-14(20)6-7-15(16)17/h6-7,9,12-13,16,18,20H,3-5,8,10-11H2,1-2H3. The van der Waals surface area contributed by atoms with Crippen LogP contribution in [0.1, 0.15) is 44.7 Å². The van der Waals surface area contributed by atoms with E-state index in [1.165, 1.54) is 24.8 Å². The van der Waals surface area contributed by atoms with Crippen molar-refractivity contribution < 1.29 is 9.84 Å². The molecule has 0 bridgehead atoms. The highest BCUT2D eigenvalue weighted by atomic mass is 16.5. The number of ether oxygens (including phenoxy) is 1. The molecule has 1 fully saturated rings. The lowest BCUT2D eigenvalue weighted by Crippen LogP contribution is -2.47. The number of phenols is 1. The highest BCUT2D eigenvalue weighted by molar-refractivity contribution is 5.44.